The number of rotatable bonds is 5. The second-order valence-corrected chi connectivity index (χ2v) is 21.9. The summed E-state index contributed by atoms with van der Waals surface area (Å²) in [5.74, 6) is 2.41. The van der Waals surface area contributed by atoms with Gasteiger partial charge in [-0.3, -0.25) is 0 Å². The molecule has 37 heavy (non-hydrogen) atoms. The van der Waals surface area contributed by atoms with E-state index in [9.17, 15) is 0 Å². The van der Waals surface area contributed by atoms with Crippen LogP contribution in [0.3, 0.4) is 0 Å². The SMILES string of the molecule is CCc1cccc(-[c-]2cccc2)c1.CCc1cccc(-[c-]2cccc2)c1.[CH3][Ge](=[Zr+2])[c]1ccccc1.[Cl-].[Cl-]. The first-order valence-corrected chi connectivity index (χ1v) is 22.9. The topological polar surface area (TPSA) is 0 Å². The molecule has 0 N–H and O–H groups in total. The van der Waals surface area contributed by atoms with Gasteiger partial charge in [0, 0.05) is 0 Å². The summed E-state index contributed by atoms with van der Waals surface area (Å²) in [7, 11) is -0.676. The zero-order chi connectivity index (χ0) is 24.9. The Labute approximate surface area is 252 Å². The molecule has 4 heteroatoms. The summed E-state index contributed by atoms with van der Waals surface area (Å²) in [6, 6.07) is 45.2. The standard InChI is InChI=1S/2C13H13.C7H8Ge.2ClH.Zr/c2*1-2-11-6-5-9-13(10-11)12-7-3-4-8-12;1-8-7-5-3-2-4-6-7;;;/h2*3-10H,2H2,1H3;2-6H,1H3;2*1H;/q2*-1;;;;+2/p-2. The van der Waals surface area contributed by atoms with Crippen molar-refractivity contribution in [3.8, 4) is 22.3 Å². The van der Waals surface area contributed by atoms with Crippen molar-refractivity contribution in [2.75, 3.05) is 0 Å². The van der Waals surface area contributed by atoms with Crippen molar-refractivity contribution in [1.29, 1.82) is 0 Å². The Morgan fingerprint density at radius 1 is 0.568 bits per heavy atom. The van der Waals surface area contributed by atoms with Gasteiger partial charge >= 0.3 is 72.1 Å². The van der Waals surface area contributed by atoms with Crippen LogP contribution in [0, 0.1) is 0 Å². The molecular weight excluding hydrogens is 631 g/mol. The summed E-state index contributed by atoms with van der Waals surface area (Å²) >= 11 is 1.76. The van der Waals surface area contributed by atoms with Gasteiger partial charge in [0.1, 0.15) is 0 Å². The molecule has 0 saturated heterocycles. The van der Waals surface area contributed by atoms with E-state index in [1.807, 2.05) is 0 Å². The second kappa shape index (κ2) is 18.6. The predicted molar refractivity (Wildman–Crippen MR) is 151 cm³/mol. The first-order valence-electron chi connectivity index (χ1n) is 12.3. The molecule has 5 rings (SSSR count). The van der Waals surface area contributed by atoms with Crippen LogP contribution in [0.25, 0.3) is 22.3 Å². The summed E-state index contributed by atoms with van der Waals surface area (Å²) in [5.41, 5.74) is 8.08. The van der Waals surface area contributed by atoms with Crippen molar-refractivity contribution < 1.29 is 46.4 Å². The van der Waals surface area contributed by atoms with Gasteiger partial charge in [0.2, 0.25) is 0 Å². The van der Waals surface area contributed by atoms with E-state index in [0.717, 1.165) is 12.8 Å². The molecule has 0 spiro atoms. The van der Waals surface area contributed by atoms with Crippen molar-refractivity contribution in [2.24, 2.45) is 0 Å². The quantitative estimate of drug-likeness (QED) is 0.200. The zero-order valence-corrected chi connectivity index (χ0v) is 27.9. The van der Waals surface area contributed by atoms with Gasteiger partial charge in [0.15, 0.2) is 0 Å². The largest absolute Gasteiger partial charge is 1.00 e. The number of hydrogen-bond acceptors (Lipinski definition) is 0. The van der Waals surface area contributed by atoms with Crippen molar-refractivity contribution in [1.82, 2.24) is 0 Å². The Bertz CT molecular complexity index is 1200. The van der Waals surface area contributed by atoms with Gasteiger partial charge in [0.05, 0.1) is 0 Å². The first kappa shape index (κ1) is 33.4. The normalized spacial score (nSPS) is 9.43. The van der Waals surface area contributed by atoms with Crippen LogP contribution in [0.4, 0.5) is 0 Å². The maximum absolute atomic E-state index is 2.41. The molecule has 0 unspecified atom stereocenters. The third-order valence-corrected chi connectivity index (χ3v) is 12.1. The van der Waals surface area contributed by atoms with Crippen LogP contribution in [0.2, 0.25) is 5.76 Å². The molecule has 0 amide bonds. The fourth-order valence-electron chi connectivity index (χ4n) is 3.76. The number of hydrogen-bond donors (Lipinski definition) is 0. The zero-order valence-electron chi connectivity index (χ0n) is 21.8. The van der Waals surface area contributed by atoms with E-state index in [1.54, 1.807) is 26.0 Å². The molecule has 0 aliphatic heterocycles. The molecule has 190 valence electrons. The Kier molecular flexibility index (Phi) is 16.8. The van der Waals surface area contributed by atoms with Crippen LogP contribution in [0.5, 0.6) is 0 Å². The summed E-state index contributed by atoms with van der Waals surface area (Å²) < 4.78 is 1.62. The monoisotopic (exact) mass is 664 g/mol. The molecule has 0 fully saturated rings. The van der Waals surface area contributed by atoms with Gasteiger partial charge < -0.3 is 24.8 Å². The first-order chi connectivity index (χ1) is 17.1. The summed E-state index contributed by atoms with van der Waals surface area (Å²) in [6.45, 7) is 4.37. The maximum atomic E-state index is 2.41. The van der Waals surface area contributed by atoms with Gasteiger partial charge in [-0.1, -0.05) is 60.4 Å². The van der Waals surface area contributed by atoms with Crippen LogP contribution in [-0.2, 0) is 34.4 Å². The minimum atomic E-state index is -0.676. The van der Waals surface area contributed by atoms with Crippen molar-refractivity contribution in [3.05, 3.63) is 139 Å². The minimum Gasteiger partial charge on any atom is -1.00 e. The second-order valence-electron chi connectivity index (χ2n) is 8.45. The molecule has 0 aliphatic carbocycles. The van der Waals surface area contributed by atoms with Gasteiger partial charge in [-0.25, -0.2) is 0 Å². The third-order valence-electron chi connectivity index (χ3n) is 5.87. The fourth-order valence-corrected chi connectivity index (χ4v) is 7.34. The average molecular weight is 665 g/mol. The van der Waals surface area contributed by atoms with Gasteiger partial charge in [0.25, 0.3) is 0 Å². The van der Waals surface area contributed by atoms with E-state index in [0.29, 0.717) is 0 Å². The Morgan fingerprint density at radius 2 is 0.973 bits per heavy atom. The van der Waals surface area contributed by atoms with Gasteiger partial charge in [-0.05, 0) is 12.8 Å². The number of aryl methyl sites for hydroxylation is 2. The van der Waals surface area contributed by atoms with E-state index in [4.69, 9.17) is 0 Å². The molecule has 0 bridgehead atoms. The third kappa shape index (κ3) is 11.3. The van der Waals surface area contributed by atoms with E-state index < -0.39 is 9.98 Å². The van der Waals surface area contributed by atoms with Crippen LogP contribution >= 0.6 is 0 Å². The van der Waals surface area contributed by atoms with Gasteiger partial charge in [-0.15, -0.1) is 59.7 Å². The molecule has 0 saturated carbocycles. The van der Waals surface area contributed by atoms with E-state index >= 15 is 0 Å². The van der Waals surface area contributed by atoms with Crippen molar-refractivity contribution in [3.63, 3.8) is 0 Å². The predicted octanol–water partition coefficient (Wildman–Crippen LogP) is 2.34. The molecule has 0 aliphatic rings. The fraction of sp³-hybridized carbons (Fsp3) is 0.152. The number of halogens is 2. The average Bonchev–Trinajstić information content (AvgIpc) is 3.65. The van der Waals surface area contributed by atoms with Crippen LogP contribution < -0.4 is 29.2 Å². The molecule has 5 aromatic carbocycles. The maximum Gasteiger partial charge on any atom is -1.00 e. The van der Waals surface area contributed by atoms with Crippen molar-refractivity contribution >= 4 is 14.4 Å². The van der Waals surface area contributed by atoms with Crippen LogP contribution in [0.15, 0.2) is 127 Å². The molecular formula is C33H34Cl2GeZr-2. The Hall–Kier alpha value is -1.63. The molecule has 5 aromatic rings. The summed E-state index contributed by atoms with van der Waals surface area (Å²) in [4.78, 5) is 0. The molecule has 0 heterocycles. The smallest absolute Gasteiger partial charge is 1.00 e. The Balaban J connectivity index is 0.000000275. The summed E-state index contributed by atoms with van der Waals surface area (Å²) in [5, 5.41) is 0. The molecule has 0 aromatic heterocycles. The number of benzene rings is 3. The van der Waals surface area contributed by atoms with E-state index in [1.165, 1.54) is 33.4 Å². The Morgan fingerprint density at radius 3 is 1.30 bits per heavy atom. The minimum absolute atomic E-state index is 0. The molecule has 0 atom stereocenters. The van der Waals surface area contributed by atoms with Crippen LogP contribution in [0.1, 0.15) is 25.0 Å². The van der Waals surface area contributed by atoms with Crippen LogP contribution in [-0.4, -0.2) is 9.98 Å². The summed E-state index contributed by atoms with van der Waals surface area (Å²) in [6.07, 6.45) is 2.21. The molecule has 0 nitrogen and oxygen atoms in total. The van der Waals surface area contributed by atoms with E-state index in [2.05, 4.69) is 147 Å². The van der Waals surface area contributed by atoms with Crippen molar-refractivity contribution in [2.45, 2.75) is 32.4 Å². The molecule has 0 radical (unpaired) electrons. The van der Waals surface area contributed by atoms with Gasteiger partial charge in [-0.2, -0.15) is 24.3 Å². The van der Waals surface area contributed by atoms with E-state index in [-0.39, 0.29) is 24.8 Å².